The molecule has 0 saturated carbocycles. The van der Waals surface area contributed by atoms with Crippen molar-refractivity contribution >= 4 is 11.6 Å². The van der Waals surface area contributed by atoms with E-state index in [1.54, 1.807) is 0 Å². The topological polar surface area (TPSA) is 3.24 Å². The minimum Gasteiger partial charge on any atom is -0.305 e. The first kappa shape index (κ1) is 10.6. The van der Waals surface area contributed by atoms with Crippen LogP contribution in [0.25, 0.3) is 0 Å². The predicted octanol–water partition coefficient (Wildman–Crippen LogP) is 2.92. The largest absolute Gasteiger partial charge is 0.305 e. The average Bonchev–Trinajstić information content (AvgIpc) is 2.17. The van der Waals surface area contributed by atoms with Crippen molar-refractivity contribution in [3.8, 4) is 0 Å². The summed E-state index contributed by atoms with van der Waals surface area (Å²) in [5.74, 6) is 0. The summed E-state index contributed by atoms with van der Waals surface area (Å²) < 4.78 is 0. The highest BCUT2D eigenvalue weighted by atomic mass is 35.5. The Bertz CT molecular complexity index is 246. The van der Waals surface area contributed by atoms with Gasteiger partial charge in [0.2, 0.25) is 0 Å². The molecule has 1 nitrogen and oxygen atoms in total. The molecule has 0 saturated heterocycles. The van der Waals surface area contributed by atoms with Crippen LogP contribution in [0.4, 0.5) is 0 Å². The number of likely N-dealkylation sites (N-methyl/N-ethyl adjacent to an activating group) is 1. The first-order chi connectivity index (χ1) is 6.13. The van der Waals surface area contributed by atoms with E-state index in [1.807, 2.05) is 32.3 Å². The normalized spacial score (nSPS) is 15.8. The summed E-state index contributed by atoms with van der Waals surface area (Å²) in [5, 5.41) is 0.0659. The van der Waals surface area contributed by atoms with E-state index in [0.717, 1.165) is 0 Å². The lowest BCUT2D eigenvalue weighted by atomic mass is 10.1. The Morgan fingerprint density at radius 3 is 2.15 bits per heavy atom. The molecule has 0 unspecified atom stereocenters. The zero-order valence-corrected chi connectivity index (χ0v) is 9.12. The number of halogens is 1. The number of hydrogen-bond donors (Lipinski definition) is 0. The van der Waals surface area contributed by atoms with Gasteiger partial charge in [-0.1, -0.05) is 30.3 Å². The third-order valence-electron chi connectivity index (χ3n) is 2.36. The van der Waals surface area contributed by atoms with Gasteiger partial charge in [0.1, 0.15) is 0 Å². The maximum absolute atomic E-state index is 6.31. The van der Waals surface area contributed by atoms with E-state index in [4.69, 9.17) is 11.6 Å². The molecule has 1 aromatic carbocycles. The van der Waals surface area contributed by atoms with Crippen molar-refractivity contribution in [1.29, 1.82) is 0 Å². The Balaban J connectivity index is 2.73. The van der Waals surface area contributed by atoms with Gasteiger partial charge in [-0.15, -0.1) is 11.6 Å². The summed E-state index contributed by atoms with van der Waals surface area (Å²) in [4.78, 5) is 2.13. The van der Waals surface area contributed by atoms with E-state index in [9.17, 15) is 0 Å². The van der Waals surface area contributed by atoms with Gasteiger partial charge in [-0.05, 0) is 26.6 Å². The fourth-order valence-corrected chi connectivity index (χ4v) is 1.55. The summed E-state index contributed by atoms with van der Waals surface area (Å²) >= 11 is 6.31. The molecule has 0 spiro atoms. The molecule has 2 atom stereocenters. The molecule has 0 amide bonds. The fourth-order valence-electron chi connectivity index (χ4n) is 1.18. The third-order valence-corrected chi connectivity index (χ3v) is 2.97. The molecule has 0 aliphatic rings. The molecule has 1 rings (SSSR count). The summed E-state index contributed by atoms with van der Waals surface area (Å²) in [6.07, 6.45) is 0. The van der Waals surface area contributed by atoms with Gasteiger partial charge in [0.25, 0.3) is 0 Å². The molecule has 0 N–H and O–H groups in total. The zero-order chi connectivity index (χ0) is 9.84. The quantitative estimate of drug-likeness (QED) is 0.674. The molecule has 0 fully saturated rings. The second-order valence-corrected chi connectivity index (χ2v) is 3.99. The van der Waals surface area contributed by atoms with Crippen LogP contribution in [-0.2, 0) is 0 Å². The molecule has 0 aromatic heterocycles. The summed E-state index contributed by atoms with van der Waals surface area (Å²) in [7, 11) is 4.09. The van der Waals surface area contributed by atoms with Gasteiger partial charge in [-0.25, -0.2) is 0 Å². The second kappa shape index (κ2) is 4.64. The van der Waals surface area contributed by atoms with Crippen LogP contribution in [0.5, 0.6) is 0 Å². The lowest BCUT2D eigenvalue weighted by Gasteiger charge is -2.24. The van der Waals surface area contributed by atoms with Crippen molar-refractivity contribution in [3.05, 3.63) is 35.9 Å². The number of alkyl halides is 1. The predicted molar refractivity (Wildman–Crippen MR) is 58.2 cm³/mol. The van der Waals surface area contributed by atoms with Crippen molar-refractivity contribution in [2.24, 2.45) is 0 Å². The van der Waals surface area contributed by atoms with Crippen LogP contribution in [-0.4, -0.2) is 25.0 Å². The molecule has 0 heterocycles. The molecular weight excluding hydrogens is 182 g/mol. The summed E-state index contributed by atoms with van der Waals surface area (Å²) in [5.41, 5.74) is 1.19. The van der Waals surface area contributed by atoms with E-state index in [0.29, 0.717) is 6.04 Å². The molecule has 0 radical (unpaired) electrons. The maximum atomic E-state index is 6.31. The van der Waals surface area contributed by atoms with Crippen LogP contribution in [0, 0.1) is 0 Å². The highest BCUT2D eigenvalue weighted by Gasteiger charge is 2.17. The number of nitrogens with zero attached hydrogens (tertiary/aromatic N) is 1. The van der Waals surface area contributed by atoms with Crippen molar-refractivity contribution in [2.45, 2.75) is 18.3 Å². The van der Waals surface area contributed by atoms with Gasteiger partial charge in [0.15, 0.2) is 0 Å². The van der Waals surface area contributed by atoms with E-state index >= 15 is 0 Å². The summed E-state index contributed by atoms with van der Waals surface area (Å²) in [6, 6.07) is 10.5. The lowest BCUT2D eigenvalue weighted by molar-refractivity contribution is 0.306. The van der Waals surface area contributed by atoms with Crippen LogP contribution < -0.4 is 0 Å². The van der Waals surface area contributed by atoms with Crippen molar-refractivity contribution in [2.75, 3.05) is 14.1 Å². The van der Waals surface area contributed by atoms with Gasteiger partial charge in [-0.2, -0.15) is 0 Å². The van der Waals surface area contributed by atoms with Crippen molar-refractivity contribution < 1.29 is 0 Å². The van der Waals surface area contributed by atoms with Crippen LogP contribution in [0.15, 0.2) is 30.3 Å². The lowest BCUT2D eigenvalue weighted by Crippen LogP contribution is -2.28. The van der Waals surface area contributed by atoms with E-state index in [-0.39, 0.29) is 5.38 Å². The highest BCUT2D eigenvalue weighted by molar-refractivity contribution is 6.21. The fraction of sp³-hybridized carbons (Fsp3) is 0.455. The first-order valence-electron chi connectivity index (χ1n) is 4.48. The van der Waals surface area contributed by atoms with Gasteiger partial charge < -0.3 is 4.90 Å². The third kappa shape index (κ3) is 2.71. The highest BCUT2D eigenvalue weighted by Crippen LogP contribution is 2.25. The second-order valence-electron chi connectivity index (χ2n) is 3.52. The molecule has 1 aromatic rings. The Morgan fingerprint density at radius 2 is 1.69 bits per heavy atom. The molecule has 0 aliphatic carbocycles. The molecule has 0 aliphatic heterocycles. The minimum atomic E-state index is 0.0659. The molecule has 72 valence electrons. The van der Waals surface area contributed by atoms with Crippen molar-refractivity contribution in [1.82, 2.24) is 4.90 Å². The van der Waals surface area contributed by atoms with Crippen LogP contribution in [0.3, 0.4) is 0 Å². The zero-order valence-electron chi connectivity index (χ0n) is 8.37. The first-order valence-corrected chi connectivity index (χ1v) is 4.92. The molecule has 2 heteroatoms. The van der Waals surface area contributed by atoms with E-state index in [1.165, 1.54) is 5.56 Å². The Kier molecular flexibility index (Phi) is 3.76. The average molecular weight is 198 g/mol. The van der Waals surface area contributed by atoms with Crippen LogP contribution in [0.2, 0.25) is 0 Å². The number of benzene rings is 1. The Hall–Kier alpha value is -0.530. The minimum absolute atomic E-state index is 0.0659. The number of rotatable bonds is 3. The Morgan fingerprint density at radius 1 is 1.15 bits per heavy atom. The molecule has 13 heavy (non-hydrogen) atoms. The van der Waals surface area contributed by atoms with Gasteiger partial charge in [0.05, 0.1) is 5.38 Å². The maximum Gasteiger partial charge on any atom is 0.0737 e. The van der Waals surface area contributed by atoms with Gasteiger partial charge in [0, 0.05) is 6.04 Å². The molecule has 0 bridgehead atoms. The van der Waals surface area contributed by atoms with E-state index in [2.05, 4.69) is 24.0 Å². The van der Waals surface area contributed by atoms with Gasteiger partial charge >= 0.3 is 0 Å². The van der Waals surface area contributed by atoms with Gasteiger partial charge in [-0.3, -0.25) is 0 Å². The SMILES string of the molecule is C[C@H]([C@@H](Cl)c1ccccc1)N(C)C. The summed E-state index contributed by atoms with van der Waals surface area (Å²) in [6.45, 7) is 2.13. The van der Waals surface area contributed by atoms with Crippen LogP contribution in [0.1, 0.15) is 17.9 Å². The smallest absolute Gasteiger partial charge is 0.0737 e. The monoisotopic (exact) mass is 197 g/mol. The molecular formula is C11H16ClN. The van der Waals surface area contributed by atoms with E-state index < -0.39 is 0 Å². The van der Waals surface area contributed by atoms with Crippen molar-refractivity contribution in [3.63, 3.8) is 0 Å². The Labute approximate surface area is 85.3 Å². The van der Waals surface area contributed by atoms with Crippen LogP contribution >= 0.6 is 11.6 Å². The number of hydrogen-bond acceptors (Lipinski definition) is 1. The standard InChI is InChI=1S/C11H16ClN/c1-9(13(2)3)11(12)10-7-5-4-6-8-10/h4-9,11H,1-3H3/t9-,11-/m1/s1.